The van der Waals surface area contributed by atoms with Crippen LogP contribution in [0.2, 0.25) is 0 Å². The molecule has 1 aromatic heterocycles. The van der Waals surface area contributed by atoms with Crippen LogP contribution in [0, 0.1) is 0 Å². The number of ketones is 1. The number of nitrogens with two attached hydrogens (primary N) is 1. The molecule has 4 nitrogen and oxygen atoms in total. The van der Waals surface area contributed by atoms with E-state index in [2.05, 4.69) is 0 Å². The van der Waals surface area contributed by atoms with E-state index in [9.17, 15) is 9.59 Å². The number of benzene rings is 1. The number of allylic oxidation sites excluding steroid dienone is 1. The maximum Gasteiger partial charge on any atom is 0.248 e. The van der Waals surface area contributed by atoms with E-state index in [0.717, 1.165) is 5.56 Å². The van der Waals surface area contributed by atoms with E-state index < -0.39 is 5.91 Å². The Bertz CT molecular complexity index is 597. The Hall–Kier alpha value is -2.62. The lowest BCUT2D eigenvalue weighted by molar-refractivity contribution is 0.0997. The normalized spacial score (nSPS) is 10.7. The van der Waals surface area contributed by atoms with Gasteiger partial charge in [0.2, 0.25) is 11.7 Å². The highest BCUT2D eigenvalue weighted by Gasteiger charge is 2.04. The summed E-state index contributed by atoms with van der Waals surface area (Å²) < 4.78 is 4.97. The molecule has 18 heavy (non-hydrogen) atoms. The van der Waals surface area contributed by atoms with Crippen LogP contribution in [0.1, 0.15) is 26.5 Å². The average molecular weight is 241 g/mol. The molecule has 0 aliphatic carbocycles. The molecular formula is C14H11NO3. The number of hydrogen-bond donors (Lipinski definition) is 1. The van der Waals surface area contributed by atoms with Crippen LogP contribution in [0.25, 0.3) is 6.08 Å². The summed E-state index contributed by atoms with van der Waals surface area (Å²) in [6, 6.07) is 9.96. The zero-order valence-corrected chi connectivity index (χ0v) is 9.50. The van der Waals surface area contributed by atoms with Crippen molar-refractivity contribution < 1.29 is 14.0 Å². The van der Waals surface area contributed by atoms with Crippen molar-refractivity contribution in [2.45, 2.75) is 0 Å². The molecule has 0 atom stereocenters. The van der Waals surface area contributed by atoms with E-state index in [4.69, 9.17) is 10.2 Å². The van der Waals surface area contributed by atoms with Crippen molar-refractivity contribution in [1.82, 2.24) is 0 Å². The molecule has 1 aromatic carbocycles. The fourth-order valence-electron chi connectivity index (χ4n) is 1.47. The van der Waals surface area contributed by atoms with Gasteiger partial charge in [0, 0.05) is 5.56 Å². The number of hydrogen-bond acceptors (Lipinski definition) is 3. The molecule has 0 saturated heterocycles. The number of primary amides is 1. The van der Waals surface area contributed by atoms with Gasteiger partial charge in [-0.05, 0) is 35.9 Å². The van der Waals surface area contributed by atoms with Crippen molar-refractivity contribution in [3.05, 3.63) is 65.6 Å². The molecule has 90 valence electrons. The standard InChI is InChI=1S/C14H11NO3/c15-14(17)11-4-1-3-10(9-11)6-7-12(16)13-5-2-8-18-13/h1-9H,(H2,15,17)/b7-6+. The molecule has 4 heteroatoms. The molecule has 1 amide bonds. The monoisotopic (exact) mass is 241 g/mol. The zero-order valence-electron chi connectivity index (χ0n) is 9.50. The molecular weight excluding hydrogens is 230 g/mol. The van der Waals surface area contributed by atoms with Crippen LogP contribution in [0.3, 0.4) is 0 Å². The molecule has 0 radical (unpaired) electrons. The maximum absolute atomic E-state index is 11.6. The van der Waals surface area contributed by atoms with Crippen molar-refractivity contribution >= 4 is 17.8 Å². The summed E-state index contributed by atoms with van der Waals surface area (Å²) in [5.41, 5.74) is 6.30. The third-order valence-corrected chi connectivity index (χ3v) is 2.36. The maximum atomic E-state index is 11.6. The van der Waals surface area contributed by atoms with Crippen molar-refractivity contribution in [2.75, 3.05) is 0 Å². The fourth-order valence-corrected chi connectivity index (χ4v) is 1.47. The lowest BCUT2D eigenvalue weighted by Crippen LogP contribution is -2.10. The predicted molar refractivity (Wildman–Crippen MR) is 67.0 cm³/mol. The van der Waals surface area contributed by atoms with Crippen molar-refractivity contribution in [3.63, 3.8) is 0 Å². The number of furan rings is 1. The van der Waals surface area contributed by atoms with Gasteiger partial charge in [-0.15, -0.1) is 0 Å². The minimum atomic E-state index is -0.498. The predicted octanol–water partition coefficient (Wildman–Crippen LogP) is 2.27. The summed E-state index contributed by atoms with van der Waals surface area (Å²) in [5.74, 6) is -0.454. The molecule has 0 spiro atoms. The molecule has 0 aliphatic rings. The van der Waals surface area contributed by atoms with E-state index in [1.807, 2.05) is 0 Å². The topological polar surface area (TPSA) is 73.3 Å². The summed E-state index contributed by atoms with van der Waals surface area (Å²) >= 11 is 0. The summed E-state index contributed by atoms with van der Waals surface area (Å²) in [5, 5.41) is 0. The van der Waals surface area contributed by atoms with Gasteiger partial charge in [-0.2, -0.15) is 0 Å². The summed E-state index contributed by atoms with van der Waals surface area (Å²) in [6.07, 6.45) is 4.44. The second kappa shape index (κ2) is 5.14. The molecule has 2 N–H and O–H groups in total. The van der Waals surface area contributed by atoms with E-state index in [1.54, 1.807) is 42.5 Å². The zero-order chi connectivity index (χ0) is 13.0. The molecule has 0 fully saturated rings. The first-order valence-corrected chi connectivity index (χ1v) is 5.32. The van der Waals surface area contributed by atoms with E-state index >= 15 is 0 Å². The van der Waals surface area contributed by atoms with Gasteiger partial charge in [-0.1, -0.05) is 18.2 Å². The smallest absolute Gasteiger partial charge is 0.248 e. The van der Waals surface area contributed by atoms with Crippen molar-refractivity contribution in [3.8, 4) is 0 Å². The Morgan fingerprint density at radius 3 is 2.67 bits per heavy atom. The molecule has 2 aromatic rings. The van der Waals surface area contributed by atoms with Gasteiger partial charge in [-0.3, -0.25) is 9.59 Å². The van der Waals surface area contributed by atoms with Gasteiger partial charge in [0.15, 0.2) is 5.76 Å². The van der Waals surface area contributed by atoms with Gasteiger partial charge in [-0.25, -0.2) is 0 Å². The summed E-state index contributed by atoms with van der Waals surface area (Å²) in [7, 11) is 0. The van der Waals surface area contributed by atoms with Crippen LogP contribution < -0.4 is 5.73 Å². The Balaban J connectivity index is 2.16. The van der Waals surface area contributed by atoms with E-state index in [0.29, 0.717) is 5.56 Å². The first-order valence-electron chi connectivity index (χ1n) is 5.32. The second-order valence-corrected chi connectivity index (χ2v) is 3.66. The third-order valence-electron chi connectivity index (χ3n) is 2.36. The minimum absolute atomic E-state index is 0.232. The van der Waals surface area contributed by atoms with Crippen LogP contribution in [0.4, 0.5) is 0 Å². The van der Waals surface area contributed by atoms with Crippen LogP contribution in [0.15, 0.2) is 53.2 Å². The van der Waals surface area contributed by atoms with Crippen molar-refractivity contribution in [2.24, 2.45) is 5.73 Å². The van der Waals surface area contributed by atoms with Crippen LogP contribution >= 0.6 is 0 Å². The lowest BCUT2D eigenvalue weighted by Gasteiger charge is -1.97. The van der Waals surface area contributed by atoms with E-state index in [1.165, 1.54) is 12.3 Å². The Morgan fingerprint density at radius 2 is 2.00 bits per heavy atom. The molecule has 2 rings (SSSR count). The highest BCUT2D eigenvalue weighted by atomic mass is 16.3. The molecule has 0 bridgehead atoms. The summed E-state index contributed by atoms with van der Waals surface area (Å²) in [4.78, 5) is 22.6. The first-order chi connectivity index (χ1) is 8.66. The molecule has 0 saturated carbocycles. The van der Waals surface area contributed by atoms with Crippen molar-refractivity contribution in [1.29, 1.82) is 0 Å². The largest absolute Gasteiger partial charge is 0.461 e. The summed E-state index contributed by atoms with van der Waals surface area (Å²) in [6.45, 7) is 0. The van der Waals surface area contributed by atoms with Gasteiger partial charge >= 0.3 is 0 Å². The fraction of sp³-hybridized carbons (Fsp3) is 0. The average Bonchev–Trinajstić information content (AvgIpc) is 2.90. The first kappa shape index (κ1) is 11.9. The van der Waals surface area contributed by atoms with Gasteiger partial charge in [0.1, 0.15) is 0 Å². The van der Waals surface area contributed by atoms with Crippen LogP contribution in [-0.4, -0.2) is 11.7 Å². The van der Waals surface area contributed by atoms with Gasteiger partial charge < -0.3 is 10.2 Å². The van der Waals surface area contributed by atoms with Gasteiger partial charge in [0.25, 0.3) is 0 Å². The van der Waals surface area contributed by atoms with Crippen LogP contribution in [-0.2, 0) is 0 Å². The Kier molecular flexibility index (Phi) is 3.38. The number of rotatable bonds is 4. The minimum Gasteiger partial charge on any atom is -0.461 e. The highest BCUT2D eigenvalue weighted by Crippen LogP contribution is 2.08. The molecule has 1 heterocycles. The Labute approximate surface area is 104 Å². The highest BCUT2D eigenvalue weighted by molar-refractivity contribution is 6.05. The number of carbonyl (C=O) groups excluding carboxylic acids is 2. The second-order valence-electron chi connectivity index (χ2n) is 3.66. The quantitative estimate of drug-likeness (QED) is 0.659. The van der Waals surface area contributed by atoms with E-state index in [-0.39, 0.29) is 11.5 Å². The number of carbonyl (C=O) groups is 2. The molecule has 0 unspecified atom stereocenters. The number of amides is 1. The molecule has 0 aliphatic heterocycles. The Morgan fingerprint density at radius 1 is 1.17 bits per heavy atom. The third kappa shape index (κ3) is 2.74. The van der Waals surface area contributed by atoms with Crippen LogP contribution in [0.5, 0.6) is 0 Å². The SMILES string of the molecule is NC(=O)c1cccc(/C=C/C(=O)c2ccco2)c1. The lowest BCUT2D eigenvalue weighted by atomic mass is 10.1. The van der Waals surface area contributed by atoms with Gasteiger partial charge in [0.05, 0.1) is 6.26 Å².